The first-order chi connectivity index (χ1) is 7.24. The van der Waals surface area contributed by atoms with Crippen molar-refractivity contribution in [1.82, 2.24) is 10.3 Å². The Morgan fingerprint density at radius 1 is 1.47 bits per heavy atom. The molecule has 0 bridgehead atoms. The highest BCUT2D eigenvalue weighted by Crippen LogP contribution is 2.03. The summed E-state index contributed by atoms with van der Waals surface area (Å²) in [7, 11) is 0. The number of hydrogen-bond donors (Lipinski definition) is 3. The monoisotopic (exact) mass is 208 g/mol. The summed E-state index contributed by atoms with van der Waals surface area (Å²) in [4.78, 5) is 14.9. The summed E-state index contributed by atoms with van der Waals surface area (Å²) in [5, 5.41) is 6.27. The van der Waals surface area contributed by atoms with Gasteiger partial charge in [0.05, 0.1) is 0 Å². The Morgan fingerprint density at radius 2 is 2.27 bits per heavy atom. The van der Waals surface area contributed by atoms with E-state index in [-0.39, 0.29) is 5.69 Å². The molecule has 0 fully saturated rings. The summed E-state index contributed by atoms with van der Waals surface area (Å²) in [6.45, 7) is 4.62. The van der Waals surface area contributed by atoms with E-state index in [4.69, 9.17) is 5.73 Å². The number of aromatic nitrogens is 1. The van der Waals surface area contributed by atoms with Gasteiger partial charge in [-0.1, -0.05) is 13.0 Å². The van der Waals surface area contributed by atoms with E-state index in [1.807, 2.05) is 6.92 Å². The van der Waals surface area contributed by atoms with Crippen molar-refractivity contribution >= 4 is 11.7 Å². The Morgan fingerprint density at radius 3 is 2.93 bits per heavy atom. The summed E-state index contributed by atoms with van der Waals surface area (Å²) in [5.41, 5.74) is 5.40. The standard InChI is InChI=1S/C10H16N4O/c1-2-12-6-7-13-9-5-3-4-8(14-9)10(11)15/h3-5,12H,2,6-7H2,1H3,(H2,11,15)(H,13,14). The molecule has 0 unspecified atom stereocenters. The third kappa shape index (κ3) is 3.95. The lowest BCUT2D eigenvalue weighted by atomic mass is 10.3. The highest BCUT2D eigenvalue weighted by molar-refractivity contribution is 5.91. The molecule has 82 valence electrons. The van der Waals surface area contributed by atoms with Gasteiger partial charge in [-0.05, 0) is 18.7 Å². The van der Waals surface area contributed by atoms with Crippen LogP contribution in [0.1, 0.15) is 17.4 Å². The predicted molar refractivity (Wildman–Crippen MR) is 59.8 cm³/mol. The molecule has 1 amide bonds. The second kappa shape index (κ2) is 5.98. The lowest BCUT2D eigenvalue weighted by Crippen LogP contribution is -2.22. The molecule has 0 aliphatic rings. The summed E-state index contributed by atoms with van der Waals surface area (Å²) in [6, 6.07) is 5.15. The van der Waals surface area contributed by atoms with Crippen LogP contribution in [0.25, 0.3) is 0 Å². The highest BCUT2D eigenvalue weighted by Gasteiger charge is 2.01. The average Bonchev–Trinajstić information content (AvgIpc) is 2.25. The van der Waals surface area contributed by atoms with Crippen LogP contribution in [0.4, 0.5) is 5.82 Å². The van der Waals surface area contributed by atoms with Crippen molar-refractivity contribution in [3.8, 4) is 0 Å². The van der Waals surface area contributed by atoms with Crippen LogP contribution in [0.2, 0.25) is 0 Å². The van der Waals surface area contributed by atoms with Gasteiger partial charge in [-0.15, -0.1) is 0 Å². The number of carbonyl (C=O) groups is 1. The first kappa shape index (κ1) is 11.5. The third-order valence-electron chi connectivity index (χ3n) is 1.86. The van der Waals surface area contributed by atoms with Crippen molar-refractivity contribution in [3.05, 3.63) is 23.9 Å². The maximum atomic E-state index is 10.8. The normalized spacial score (nSPS) is 9.93. The molecule has 0 radical (unpaired) electrons. The summed E-state index contributed by atoms with van der Waals surface area (Å²) < 4.78 is 0. The van der Waals surface area contributed by atoms with E-state index < -0.39 is 5.91 Å². The molecule has 15 heavy (non-hydrogen) atoms. The first-order valence-corrected chi connectivity index (χ1v) is 4.95. The highest BCUT2D eigenvalue weighted by atomic mass is 16.1. The van der Waals surface area contributed by atoms with Gasteiger partial charge in [0, 0.05) is 13.1 Å². The van der Waals surface area contributed by atoms with Gasteiger partial charge in [-0.25, -0.2) is 4.98 Å². The molecular formula is C10H16N4O. The number of likely N-dealkylation sites (N-methyl/N-ethyl adjacent to an activating group) is 1. The minimum Gasteiger partial charge on any atom is -0.369 e. The fourth-order valence-corrected chi connectivity index (χ4v) is 1.13. The van der Waals surface area contributed by atoms with E-state index in [0.717, 1.165) is 19.6 Å². The molecule has 1 rings (SSSR count). The SMILES string of the molecule is CCNCCNc1cccc(C(N)=O)n1. The molecule has 0 aliphatic heterocycles. The molecule has 0 atom stereocenters. The van der Waals surface area contributed by atoms with Gasteiger partial charge < -0.3 is 16.4 Å². The quantitative estimate of drug-likeness (QED) is 0.583. The second-order valence-electron chi connectivity index (χ2n) is 3.05. The zero-order valence-electron chi connectivity index (χ0n) is 8.79. The molecule has 0 saturated heterocycles. The molecule has 1 heterocycles. The van der Waals surface area contributed by atoms with Crippen molar-refractivity contribution < 1.29 is 4.79 Å². The number of amides is 1. The third-order valence-corrected chi connectivity index (χ3v) is 1.86. The van der Waals surface area contributed by atoms with E-state index in [1.165, 1.54) is 0 Å². The van der Waals surface area contributed by atoms with Crippen molar-refractivity contribution in [2.75, 3.05) is 25.0 Å². The van der Waals surface area contributed by atoms with Crippen LogP contribution in [0.3, 0.4) is 0 Å². The zero-order valence-corrected chi connectivity index (χ0v) is 8.79. The van der Waals surface area contributed by atoms with E-state index in [2.05, 4.69) is 15.6 Å². The Bertz CT molecular complexity index is 327. The van der Waals surface area contributed by atoms with E-state index in [0.29, 0.717) is 5.82 Å². The number of primary amides is 1. The van der Waals surface area contributed by atoms with Gasteiger partial charge in [0.1, 0.15) is 11.5 Å². The lowest BCUT2D eigenvalue weighted by molar-refractivity contribution is 0.0995. The number of hydrogen-bond acceptors (Lipinski definition) is 4. The maximum Gasteiger partial charge on any atom is 0.267 e. The molecule has 0 aliphatic carbocycles. The van der Waals surface area contributed by atoms with Crippen LogP contribution >= 0.6 is 0 Å². The Balaban J connectivity index is 2.47. The van der Waals surface area contributed by atoms with Gasteiger partial charge in [0.25, 0.3) is 5.91 Å². The van der Waals surface area contributed by atoms with Gasteiger partial charge in [-0.2, -0.15) is 0 Å². The van der Waals surface area contributed by atoms with E-state index >= 15 is 0 Å². The smallest absolute Gasteiger partial charge is 0.267 e. The van der Waals surface area contributed by atoms with Crippen LogP contribution in [-0.4, -0.2) is 30.5 Å². The molecule has 0 saturated carbocycles. The maximum absolute atomic E-state index is 10.8. The van der Waals surface area contributed by atoms with Crippen LogP contribution in [-0.2, 0) is 0 Å². The Labute approximate surface area is 89.1 Å². The second-order valence-corrected chi connectivity index (χ2v) is 3.05. The number of nitrogens with one attached hydrogen (secondary N) is 2. The van der Waals surface area contributed by atoms with E-state index in [9.17, 15) is 4.79 Å². The summed E-state index contributed by atoms with van der Waals surface area (Å²) in [5.74, 6) is 0.162. The molecule has 4 N–H and O–H groups in total. The van der Waals surface area contributed by atoms with Crippen LogP contribution < -0.4 is 16.4 Å². The van der Waals surface area contributed by atoms with Crippen LogP contribution in [0, 0.1) is 0 Å². The fourth-order valence-electron chi connectivity index (χ4n) is 1.13. The van der Waals surface area contributed by atoms with Crippen molar-refractivity contribution in [3.63, 3.8) is 0 Å². The molecular weight excluding hydrogens is 192 g/mol. The van der Waals surface area contributed by atoms with Crippen LogP contribution in [0.5, 0.6) is 0 Å². The Kier molecular flexibility index (Phi) is 4.56. The first-order valence-electron chi connectivity index (χ1n) is 4.95. The van der Waals surface area contributed by atoms with E-state index in [1.54, 1.807) is 18.2 Å². The minimum atomic E-state index is -0.509. The largest absolute Gasteiger partial charge is 0.369 e. The fraction of sp³-hybridized carbons (Fsp3) is 0.400. The summed E-state index contributed by atoms with van der Waals surface area (Å²) in [6.07, 6.45) is 0. The van der Waals surface area contributed by atoms with Gasteiger partial charge in [0.15, 0.2) is 0 Å². The van der Waals surface area contributed by atoms with Crippen molar-refractivity contribution in [2.45, 2.75) is 6.92 Å². The topological polar surface area (TPSA) is 80.0 Å². The molecule has 5 heteroatoms. The molecule has 0 aromatic carbocycles. The zero-order chi connectivity index (χ0) is 11.1. The Hall–Kier alpha value is -1.62. The van der Waals surface area contributed by atoms with Crippen molar-refractivity contribution in [2.24, 2.45) is 5.73 Å². The number of carbonyl (C=O) groups excluding carboxylic acids is 1. The average molecular weight is 208 g/mol. The predicted octanol–water partition coefficient (Wildman–Crippen LogP) is 0.202. The minimum absolute atomic E-state index is 0.281. The van der Waals surface area contributed by atoms with Gasteiger partial charge in [0.2, 0.25) is 0 Å². The number of nitrogens with two attached hydrogens (primary N) is 1. The van der Waals surface area contributed by atoms with Crippen LogP contribution in [0.15, 0.2) is 18.2 Å². The molecule has 0 spiro atoms. The molecule has 1 aromatic heterocycles. The molecule has 5 nitrogen and oxygen atoms in total. The molecule has 1 aromatic rings. The van der Waals surface area contributed by atoms with Gasteiger partial charge in [-0.3, -0.25) is 4.79 Å². The number of rotatable bonds is 6. The number of anilines is 1. The lowest BCUT2D eigenvalue weighted by Gasteiger charge is -2.06. The summed E-state index contributed by atoms with van der Waals surface area (Å²) >= 11 is 0. The number of pyridine rings is 1. The number of nitrogens with zero attached hydrogens (tertiary/aromatic N) is 1. The van der Waals surface area contributed by atoms with Crippen molar-refractivity contribution in [1.29, 1.82) is 0 Å². The van der Waals surface area contributed by atoms with Gasteiger partial charge >= 0.3 is 0 Å².